The highest BCUT2D eigenvalue weighted by atomic mass is 35.5. The number of benzene rings is 1. The third kappa shape index (κ3) is 4.43. The number of carbonyl (C=O) groups excluding carboxylic acids is 1. The number of anilines is 1. The molecule has 0 aliphatic heterocycles. The Morgan fingerprint density at radius 2 is 2.07 bits per heavy atom. The first-order valence-corrected chi connectivity index (χ1v) is 9.37. The highest BCUT2D eigenvalue weighted by Gasteiger charge is 2.18. The first-order chi connectivity index (χ1) is 13.6. The van der Waals surface area contributed by atoms with Crippen LogP contribution in [0.4, 0.5) is 5.69 Å². The van der Waals surface area contributed by atoms with Gasteiger partial charge in [-0.1, -0.05) is 18.5 Å². The van der Waals surface area contributed by atoms with Crippen LogP contribution in [-0.2, 0) is 0 Å². The van der Waals surface area contributed by atoms with Crippen LogP contribution in [0.2, 0.25) is 5.02 Å². The Labute approximate surface area is 168 Å². The van der Waals surface area contributed by atoms with Crippen LogP contribution in [0.25, 0.3) is 5.82 Å². The largest absolute Gasteiger partial charge is 0.490 e. The number of nitrogens with zero attached hydrogens (tertiary/aromatic N) is 3. The van der Waals surface area contributed by atoms with Crippen molar-refractivity contribution in [2.24, 2.45) is 0 Å². The zero-order valence-electron chi connectivity index (χ0n) is 15.7. The molecule has 8 heteroatoms. The van der Waals surface area contributed by atoms with Crippen molar-refractivity contribution in [3.63, 3.8) is 0 Å². The summed E-state index contributed by atoms with van der Waals surface area (Å²) in [6.45, 7) is 4.79. The van der Waals surface area contributed by atoms with Gasteiger partial charge in [0.15, 0.2) is 17.3 Å². The van der Waals surface area contributed by atoms with E-state index in [4.69, 9.17) is 21.1 Å². The van der Waals surface area contributed by atoms with Gasteiger partial charge in [-0.25, -0.2) is 9.67 Å². The molecule has 0 aliphatic rings. The van der Waals surface area contributed by atoms with Gasteiger partial charge < -0.3 is 14.8 Å². The highest BCUT2D eigenvalue weighted by Crippen LogP contribution is 2.37. The molecule has 1 N–H and O–H groups in total. The summed E-state index contributed by atoms with van der Waals surface area (Å²) in [6.07, 6.45) is 5.86. The molecule has 0 saturated heterocycles. The van der Waals surface area contributed by atoms with Crippen molar-refractivity contribution in [3.05, 3.63) is 59.5 Å². The minimum absolute atomic E-state index is 0.322. The molecule has 0 saturated carbocycles. The topological polar surface area (TPSA) is 78.3 Å². The normalized spacial score (nSPS) is 10.5. The van der Waals surface area contributed by atoms with E-state index in [1.54, 1.807) is 53.6 Å². The van der Waals surface area contributed by atoms with Crippen molar-refractivity contribution in [1.82, 2.24) is 14.8 Å². The quantitative estimate of drug-likeness (QED) is 0.607. The first-order valence-electron chi connectivity index (χ1n) is 8.99. The highest BCUT2D eigenvalue weighted by molar-refractivity contribution is 6.32. The zero-order chi connectivity index (χ0) is 19.9. The minimum Gasteiger partial charge on any atom is -0.490 e. The van der Waals surface area contributed by atoms with Crippen LogP contribution < -0.4 is 14.8 Å². The Hall–Kier alpha value is -3.06. The maximum absolute atomic E-state index is 12.8. The van der Waals surface area contributed by atoms with Gasteiger partial charge >= 0.3 is 0 Å². The van der Waals surface area contributed by atoms with E-state index >= 15 is 0 Å². The van der Waals surface area contributed by atoms with E-state index in [1.165, 1.54) is 0 Å². The van der Waals surface area contributed by atoms with Crippen LogP contribution in [0.5, 0.6) is 11.5 Å². The van der Waals surface area contributed by atoms with E-state index in [-0.39, 0.29) is 5.91 Å². The van der Waals surface area contributed by atoms with E-state index < -0.39 is 0 Å². The number of hydrogen-bond donors (Lipinski definition) is 1. The number of ether oxygens (including phenoxy) is 2. The molecule has 3 rings (SSSR count). The summed E-state index contributed by atoms with van der Waals surface area (Å²) < 4.78 is 12.9. The number of pyridine rings is 1. The molecule has 0 bridgehead atoms. The van der Waals surface area contributed by atoms with Gasteiger partial charge in [-0.2, -0.15) is 5.10 Å². The number of nitrogens with one attached hydrogen (secondary N) is 1. The van der Waals surface area contributed by atoms with E-state index in [0.29, 0.717) is 46.8 Å². The van der Waals surface area contributed by atoms with Crippen molar-refractivity contribution in [2.75, 3.05) is 18.5 Å². The Bertz CT molecular complexity index is 945. The van der Waals surface area contributed by atoms with Gasteiger partial charge in [0.05, 0.1) is 23.9 Å². The molecule has 0 aliphatic carbocycles. The number of halogens is 1. The SMILES string of the molecule is CCCOc1c(Cl)cc(C(=O)Nc2cccnc2-n2cccn2)cc1OCC. The van der Waals surface area contributed by atoms with Gasteiger partial charge in [-0.05, 0) is 43.7 Å². The lowest BCUT2D eigenvalue weighted by Crippen LogP contribution is -2.15. The summed E-state index contributed by atoms with van der Waals surface area (Å²) in [5, 5.41) is 7.34. The molecular weight excluding hydrogens is 380 g/mol. The number of rotatable bonds is 8. The Morgan fingerprint density at radius 1 is 1.21 bits per heavy atom. The van der Waals surface area contributed by atoms with Crippen molar-refractivity contribution in [1.29, 1.82) is 0 Å². The molecule has 0 unspecified atom stereocenters. The van der Waals surface area contributed by atoms with Crippen LogP contribution in [0.3, 0.4) is 0 Å². The Balaban J connectivity index is 1.89. The fraction of sp³-hybridized carbons (Fsp3) is 0.250. The van der Waals surface area contributed by atoms with E-state index in [1.807, 2.05) is 13.8 Å². The third-order valence-corrected chi connectivity index (χ3v) is 4.06. The van der Waals surface area contributed by atoms with Gasteiger partial charge in [0.25, 0.3) is 5.91 Å². The predicted molar refractivity (Wildman–Crippen MR) is 108 cm³/mol. The summed E-state index contributed by atoms with van der Waals surface area (Å²) >= 11 is 6.35. The van der Waals surface area contributed by atoms with Crippen molar-refractivity contribution < 1.29 is 14.3 Å². The molecule has 146 valence electrons. The average Bonchev–Trinajstić information content (AvgIpc) is 3.22. The second-order valence-electron chi connectivity index (χ2n) is 5.85. The molecular formula is C20H21ClN4O3. The van der Waals surface area contributed by atoms with Crippen LogP contribution in [-0.4, -0.2) is 33.9 Å². The smallest absolute Gasteiger partial charge is 0.255 e. The van der Waals surface area contributed by atoms with Gasteiger partial charge in [0, 0.05) is 24.2 Å². The molecule has 1 aromatic carbocycles. The lowest BCUT2D eigenvalue weighted by atomic mass is 10.1. The number of carbonyl (C=O) groups is 1. The fourth-order valence-corrected chi connectivity index (χ4v) is 2.84. The molecule has 0 atom stereocenters. The summed E-state index contributed by atoms with van der Waals surface area (Å²) in [6, 6.07) is 8.46. The van der Waals surface area contributed by atoms with Gasteiger partial charge in [0.2, 0.25) is 0 Å². The second-order valence-corrected chi connectivity index (χ2v) is 6.25. The van der Waals surface area contributed by atoms with Crippen LogP contribution in [0.15, 0.2) is 48.9 Å². The van der Waals surface area contributed by atoms with Crippen LogP contribution >= 0.6 is 11.6 Å². The maximum atomic E-state index is 12.8. The van der Waals surface area contributed by atoms with Crippen molar-refractivity contribution in [2.45, 2.75) is 20.3 Å². The lowest BCUT2D eigenvalue weighted by Gasteiger charge is -2.15. The molecule has 0 fully saturated rings. The van der Waals surface area contributed by atoms with Gasteiger partial charge in [-0.15, -0.1) is 0 Å². The van der Waals surface area contributed by atoms with Crippen molar-refractivity contribution >= 4 is 23.2 Å². The van der Waals surface area contributed by atoms with Crippen molar-refractivity contribution in [3.8, 4) is 17.3 Å². The summed E-state index contributed by atoms with van der Waals surface area (Å²) in [5.41, 5.74) is 0.879. The molecule has 28 heavy (non-hydrogen) atoms. The van der Waals surface area contributed by atoms with Crippen LogP contribution in [0.1, 0.15) is 30.6 Å². The molecule has 1 amide bonds. The predicted octanol–water partition coefficient (Wildman–Crippen LogP) is 4.36. The van der Waals surface area contributed by atoms with Crippen LogP contribution in [0, 0.1) is 0 Å². The molecule has 2 aromatic heterocycles. The lowest BCUT2D eigenvalue weighted by molar-refractivity contribution is 0.102. The minimum atomic E-state index is -0.341. The zero-order valence-corrected chi connectivity index (χ0v) is 16.4. The molecule has 3 aromatic rings. The molecule has 0 radical (unpaired) electrons. The van der Waals surface area contributed by atoms with Gasteiger partial charge in [-0.3, -0.25) is 4.79 Å². The van der Waals surface area contributed by atoms with E-state index in [2.05, 4.69) is 15.4 Å². The molecule has 0 spiro atoms. The first kappa shape index (κ1) is 19.7. The summed E-state index contributed by atoms with van der Waals surface area (Å²) in [7, 11) is 0. The number of aromatic nitrogens is 3. The van der Waals surface area contributed by atoms with E-state index in [9.17, 15) is 4.79 Å². The monoisotopic (exact) mass is 400 g/mol. The van der Waals surface area contributed by atoms with E-state index in [0.717, 1.165) is 6.42 Å². The fourth-order valence-electron chi connectivity index (χ4n) is 2.57. The maximum Gasteiger partial charge on any atom is 0.255 e. The Kier molecular flexibility index (Phi) is 6.49. The number of hydrogen-bond acceptors (Lipinski definition) is 5. The molecule has 2 heterocycles. The van der Waals surface area contributed by atoms with Gasteiger partial charge in [0.1, 0.15) is 0 Å². The summed E-state index contributed by atoms with van der Waals surface area (Å²) in [4.78, 5) is 17.1. The number of amides is 1. The standard InChI is InChI=1S/C20H21ClN4O3/c1-3-11-28-18-15(21)12-14(13-17(18)27-4-2)20(26)24-16-7-5-8-22-19(16)25-10-6-9-23-25/h5-10,12-13H,3-4,11H2,1-2H3,(H,24,26). The molecule has 7 nitrogen and oxygen atoms in total. The third-order valence-electron chi connectivity index (χ3n) is 3.78. The average molecular weight is 401 g/mol. The summed E-state index contributed by atoms with van der Waals surface area (Å²) in [5.74, 6) is 1.05. The second kappa shape index (κ2) is 9.23. The Morgan fingerprint density at radius 3 is 2.79 bits per heavy atom.